The first-order chi connectivity index (χ1) is 21.3. The molecule has 0 atom stereocenters. The van der Waals surface area contributed by atoms with Gasteiger partial charge < -0.3 is 14.8 Å². The van der Waals surface area contributed by atoms with Gasteiger partial charge in [0.25, 0.3) is 0 Å². The molecule has 2 aromatic heterocycles. The van der Waals surface area contributed by atoms with E-state index < -0.39 is 11.6 Å². The Hall–Kier alpha value is -5.65. The Bertz CT molecular complexity index is 1820. The Morgan fingerprint density at radius 3 is 1.68 bits per heavy atom. The van der Waals surface area contributed by atoms with E-state index in [4.69, 9.17) is 14.8 Å². The standard InChI is InChI=1S/C17H17N3O2.C15H12FN3O3/c1-11-4-6-15(8-12(11)2)13(3)18-21-10-14-5-7-16-17(9-14)20-22-19-16;1-9(11-3-5-15(20)12(16)7-11)17-21-8-10-2-4-13-14(6-10)19-22-18-13/h4-9H,10H2,1-3H3;2-7,20H,8H2,1H3/b18-13+;17-9+. The molecular formula is C32H29FN6O5. The zero-order valence-corrected chi connectivity index (χ0v) is 24.5. The first kappa shape index (κ1) is 29.8. The van der Waals surface area contributed by atoms with Crippen molar-refractivity contribution in [1.82, 2.24) is 20.6 Å². The van der Waals surface area contributed by atoms with Gasteiger partial charge in [0, 0.05) is 5.56 Å². The number of aromatic nitrogens is 4. The minimum absolute atomic E-state index is 0.237. The maximum atomic E-state index is 13.3. The molecular weight excluding hydrogens is 567 g/mol. The summed E-state index contributed by atoms with van der Waals surface area (Å²) >= 11 is 0. The van der Waals surface area contributed by atoms with Gasteiger partial charge in [0.05, 0.1) is 11.4 Å². The average Bonchev–Trinajstić information content (AvgIpc) is 3.69. The van der Waals surface area contributed by atoms with Crippen LogP contribution in [-0.4, -0.2) is 37.2 Å². The van der Waals surface area contributed by atoms with Crippen molar-refractivity contribution >= 4 is 33.5 Å². The molecule has 2 heterocycles. The number of aryl methyl sites for hydroxylation is 2. The molecule has 0 unspecified atom stereocenters. The van der Waals surface area contributed by atoms with Crippen LogP contribution in [0, 0.1) is 19.7 Å². The molecule has 4 aromatic carbocycles. The van der Waals surface area contributed by atoms with Gasteiger partial charge >= 0.3 is 0 Å². The quantitative estimate of drug-likeness (QED) is 0.148. The summed E-state index contributed by atoms with van der Waals surface area (Å²) in [4.78, 5) is 10.7. The normalized spacial score (nSPS) is 11.8. The van der Waals surface area contributed by atoms with Crippen LogP contribution in [0.15, 0.2) is 92.4 Å². The van der Waals surface area contributed by atoms with E-state index in [1.165, 1.54) is 23.3 Å². The van der Waals surface area contributed by atoms with E-state index in [-0.39, 0.29) is 6.61 Å². The Morgan fingerprint density at radius 1 is 0.659 bits per heavy atom. The van der Waals surface area contributed by atoms with E-state index in [0.717, 1.165) is 33.4 Å². The highest BCUT2D eigenvalue weighted by atomic mass is 19.1. The minimum atomic E-state index is -0.698. The Labute approximate surface area is 251 Å². The SMILES string of the molecule is C/C(=N\OCc1ccc2nonc2c1)c1ccc(C)c(C)c1.C/C(=N\OCc1ccc2nonc2c1)c1ccc(O)c(F)c1. The number of phenolic OH excluding ortho intramolecular Hbond substituents is 1. The molecule has 0 aliphatic rings. The van der Waals surface area contributed by atoms with E-state index in [0.29, 0.717) is 28.9 Å². The zero-order chi connectivity index (χ0) is 31.1. The van der Waals surface area contributed by atoms with Crippen molar-refractivity contribution in [2.45, 2.75) is 40.9 Å². The van der Waals surface area contributed by atoms with Crippen molar-refractivity contribution in [1.29, 1.82) is 0 Å². The van der Waals surface area contributed by atoms with E-state index in [1.807, 2.05) is 31.2 Å². The van der Waals surface area contributed by atoms with Crippen molar-refractivity contribution in [3.63, 3.8) is 0 Å². The van der Waals surface area contributed by atoms with Crippen LogP contribution in [0.25, 0.3) is 22.1 Å². The molecule has 6 rings (SSSR count). The number of fused-ring (bicyclic) bond motifs is 2. The molecule has 44 heavy (non-hydrogen) atoms. The van der Waals surface area contributed by atoms with Crippen LogP contribution in [0.2, 0.25) is 0 Å². The molecule has 0 saturated heterocycles. The molecule has 11 nitrogen and oxygen atoms in total. The van der Waals surface area contributed by atoms with Gasteiger partial charge in [-0.15, -0.1) is 0 Å². The van der Waals surface area contributed by atoms with Gasteiger partial charge in [-0.3, -0.25) is 0 Å². The number of rotatable bonds is 8. The molecule has 224 valence electrons. The highest BCUT2D eigenvalue weighted by molar-refractivity contribution is 5.99. The zero-order valence-electron chi connectivity index (χ0n) is 24.5. The third kappa shape index (κ3) is 7.40. The fourth-order valence-electron chi connectivity index (χ4n) is 4.05. The number of hydrogen-bond acceptors (Lipinski definition) is 11. The van der Waals surface area contributed by atoms with E-state index >= 15 is 0 Å². The number of hydrogen-bond donors (Lipinski definition) is 1. The van der Waals surface area contributed by atoms with E-state index in [9.17, 15) is 4.39 Å². The number of oxime groups is 2. The second kappa shape index (κ2) is 13.6. The summed E-state index contributed by atoms with van der Waals surface area (Å²) in [6, 6.07) is 21.3. The smallest absolute Gasteiger partial charge is 0.165 e. The monoisotopic (exact) mass is 596 g/mol. The van der Waals surface area contributed by atoms with Gasteiger partial charge in [0.1, 0.15) is 35.3 Å². The van der Waals surface area contributed by atoms with Crippen LogP contribution in [0.3, 0.4) is 0 Å². The molecule has 0 aliphatic heterocycles. The fraction of sp³-hybridized carbons (Fsp3) is 0.188. The third-order valence-corrected chi connectivity index (χ3v) is 6.79. The second-order valence-corrected chi connectivity index (χ2v) is 10.0. The topological polar surface area (TPSA) is 141 Å². The summed E-state index contributed by atoms with van der Waals surface area (Å²) in [5.74, 6) is -1.09. The first-order valence-corrected chi connectivity index (χ1v) is 13.6. The Morgan fingerprint density at radius 2 is 1.16 bits per heavy atom. The lowest BCUT2D eigenvalue weighted by molar-refractivity contribution is 0.130. The number of halogens is 1. The first-order valence-electron chi connectivity index (χ1n) is 13.6. The Kier molecular flexibility index (Phi) is 9.19. The van der Waals surface area contributed by atoms with Gasteiger partial charge in [0.15, 0.2) is 11.6 Å². The van der Waals surface area contributed by atoms with Gasteiger partial charge in [-0.2, -0.15) is 0 Å². The summed E-state index contributed by atoms with van der Waals surface area (Å²) in [5, 5.41) is 32.3. The van der Waals surface area contributed by atoms with Gasteiger partial charge in [-0.25, -0.2) is 13.6 Å². The Balaban J connectivity index is 0.000000175. The molecule has 0 fully saturated rings. The van der Waals surface area contributed by atoms with Crippen molar-refractivity contribution in [2.75, 3.05) is 0 Å². The maximum absolute atomic E-state index is 13.3. The van der Waals surface area contributed by atoms with Gasteiger partial charge in [-0.1, -0.05) is 34.6 Å². The van der Waals surface area contributed by atoms with Crippen LogP contribution in [-0.2, 0) is 22.9 Å². The summed E-state index contributed by atoms with van der Waals surface area (Å²) in [6.07, 6.45) is 0. The van der Waals surface area contributed by atoms with Gasteiger partial charge in [-0.05, 0) is 125 Å². The highest BCUT2D eigenvalue weighted by Crippen LogP contribution is 2.18. The van der Waals surface area contributed by atoms with Crippen molar-refractivity contribution in [3.8, 4) is 5.75 Å². The summed E-state index contributed by atoms with van der Waals surface area (Å²) < 4.78 is 22.6. The van der Waals surface area contributed by atoms with Crippen LogP contribution >= 0.6 is 0 Å². The lowest BCUT2D eigenvalue weighted by Gasteiger charge is -2.05. The second-order valence-electron chi connectivity index (χ2n) is 10.0. The van der Waals surface area contributed by atoms with Crippen LogP contribution in [0.4, 0.5) is 4.39 Å². The number of phenols is 1. The largest absolute Gasteiger partial charge is 0.505 e. The fourth-order valence-corrected chi connectivity index (χ4v) is 4.05. The number of aromatic hydroxyl groups is 1. The molecule has 0 amide bonds. The molecule has 0 saturated carbocycles. The maximum Gasteiger partial charge on any atom is 0.165 e. The number of benzene rings is 4. The predicted octanol–water partition coefficient (Wildman–Crippen LogP) is 6.79. The molecule has 1 N–H and O–H groups in total. The lowest BCUT2D eigenvalue weighted by atomic mass is 10.0. The third-order valence-electron chi connectivity index (χ3n) is 6.79. The van der Waals surface area contributed by atoms with Crippen LogP contribution < -0.4 is 0 Å². The molecule has 0 spiro atoms. The highest BCUT2D eigenvalue weighted by Gasteiger charge is 2.06. The molecule has 0 aliphatic carbocycles. The molecule has 6 aromatic rings. The van der Waals surface area contributed by atoms with Crippen molar-refractivity contribution < 1.29 is 28.4 Å². The van der Waals surface area contributed by atoms with E-state index in [2.05, 4.69) is 72.2 Å². The predicted molar refractivity (Wildman–Crippen MR) is 162 cm³/mol. The summed E-state index contributed by atoms with van der Waals surface area (Å²) in [6.45, 7) is 8.43. The minimum Gasteiger partial charge on any atom is -0.505 e. The molecule has 0 bridgehead atoms. The summed E-state index contributed by atoms with van der Waals surface area (Å²) in [5.41, 5.74) is 10.1. The van der Waals surface area contributed by atoms with Crippen LogP contribution in [0.1, 0.15) is 47.2 Å². The summed E-state index contributed by atoms with van der Waals surface area (Å²) in [7, 11) is 0. The molecule has 12 heteroatoms. The molecule has 0 radical (unpaired) electrons. The van der Waals surface area contributed by atoms with Crippen molar-refractivity contribution in [3.05, 3.63) is 112 Å². The van der Waals surface area contributed by atoms with Crippen molar-refractivity contribution in [2.24, 2.45) is 10.3 Å². The van der Waals surface area contributed by atoms with Gasteiger partial charge in [0.2, 0.25) is 0 Å². The van der Waals surface area contributed by atoms with E-state index in [1.54, 1.807) is 25.1 Å². The van der Waals surface area contributed by atoms with Crippen LogP contribution in [0.5, 0.6) is 5.75 Å². The average molecular weight is 597 g/mol. The number of nitrogens with zero attached hydrogens (tertiary/aromatic N) is 6. The lowest BCUT2D eigenvalue weighted by Crippen LogP contribution is -1.98.